The lowest BCUT2D eigenvalue weighted by atomic mass is 10.1. The fraction of sp³-hybridized carbons (Fsp3) is 0.286. The summed E-state index contributed by atoms with van der Waals surface area (Å²) >= 11 is 0. The molecule has 1 unspecified atom stereocenters. The smallest absolute Gasteiger partial charge is 0.244 e. The van der Waals surface area contributed by atoms with E-state index in [2.05, 4.69) is 5.32 Å². The van der Waals surface area contributed by atoms with Crippen LogP contribution in [0.5, 0.6) is 0 Å². The molecular formula is C21H21F3N2O2. The normalized spacial score (nSPS) is 15.6. The van der Waals surface area contributed by atoms with Crippen LogP contribution in [-0.4, -0.2) is 32.2 Å². The van der Waals surface area contributed by atoms with E-state index in [0.717, 1.165) is 17.7 Å². The molecule has 0 aliphatic carbocycles. The Hall–Kier alpha value is -2.80. The van der Waals surface area contributed by atoms with Crippen LogP contribution in [0.2, 0.25) is 0 Å². The van der Waals surface area contributed by atoms with Crippen LogP contribution in [0.3, 0.4) is 0 Å². The van der Waals surface area contributed by atoms with Crippen LogP contribution < -0.4 is 10.2 Å². The summed E-state index contributed by atoms with van der Waals surface area (Å²) in [6, 6.07) is 7.47. The second kappa shape index (κ2) is 8.93. The van der Waals surface area contributed by atoms with E-state index in [0.29, 0.717) is 32.0 Å². The zero-order valence-corrected chi connectivity index (χ0v) is 15.4. The third-order valence-electron chi connectivity index (χ3n) is 4.56. The van der Waals surface area contributed by atoms with Gasteiger partial charge in [0.25, 0.3) is 0 Å². The lowest BCUT2D eigenvalue weighted by Gasteiger charge is -2.29. The highest BCUT2D eigenvalue weighted by atomic mass is 19.1. The Balaban J connectivity index is 1.67. The molecule has 1 heterocycles. The highest BCUT2D eigenvalue weighted by Crippen LogP contribution is 2.25. The molecule has 0 radical (unpaired) electrons. The van der Waals surface area contributed by atoms with Crippen LogP contribution in [-0.2, 0) is 9.53 Å². The van der Waals surface area contributed by atoms with Gasteiger partial charge in [0.05, 0.1) is 24.9 Å². The molecule has 3 rings (SSSR count). The fourth-order valence-corrected chi connectivity index (χ4v) is 2.99. The number of benzene rings is 2. The van der Waals surface area contributed by atoms with E-state index in [1.54, 1.807) is 19.1 Å². The van der Waals surface area contributed by atoms with Crippen LogP contribution in [0.1, 0.15) is 24.1 Å². The number of nitrogens with one attached hydrogen (secondary N) is 1. The first-order valence-corrected chi connectivity index (χ1v) is 9.00. The summed E-state index contributed by atoms with van der Waals surface area (Å²) in [5.41, 5.74) is 1.34. The van der Waals surface area contributed by atoms with Crippen molar-refractivity contribution in [1.82, 2.24) is 5.32 Å². The minimum Gasteiger partial charge on any atom is -0.378 e. The number of rotatable bonds is 5. The zero-order chi connectivity index (χ0) is 20.1. The van der Waals surface area contributed by atoms with Crippen molar-refractivity contribution < 1.29 is 22.7 Å². The van der Waals surface area contributed by atoms with Crippen molar-refractivity contribution in [3.05, 3.63) is 71.1 Å². The Morgan fingerprint density at radius 2 is 1.86 bits per heavy atom. The number of carbonyl (C=O) groups excluding carboxylic acids is 1. The van der Waals surface area contributed by atoms with Crippen LogP contribution in [0.4, 0.5) is 18.9 Å². The van der Waals surface area contributed by atoms with Crippen molar-refractivity contribution in [2.45, 2.75) is 13.0 Å². The molecule has 1 aliphatic heterocycles. The maximum Gasteiger partial charge on any atom is 0.244 e. The zero-order valence-electron chi connectivity index (χ0n) is 15.4. The number of nitrogens with zero attached hydrogens (tertiary/aromatic N) is 1. The standard InChI is InChI=1S/C21H21F3N2O2/c1-14(25-21(27)7-4-15-2-5-17(22)13-19(15)24)16-3-6-18(23)20(12-16)26-8-10-28-11-9-26/h2-7,12-14H,8-11H2,1H3,(H,25,27). The van der Waals surface area contributed by atoms with Crippen LogP contribution >= 0.6 is 0 Å². The van der Waals surface area contributed by atoms with E-state index in [1.807, 2.05) is 4.90 Å². The summed E-state index contributed by atoms with van der Waals surface area (Å²) in [5.74, 6) is -2.18. The first-order chi connectivity index (χ1) is 13.4. The van der Waals surface area contributed by atoms with E-state index in [4.69, 9.17) is 4.74 Å². The molecule has 0 spiro atoms. The number of morpholine rings is 1. The molecule has 0 aromatic heterocycles. The number of halogens is 3. The average Bonchev–Trinajstić information content (AvgIpc) is 2.68. The Morgan fingerprint density at radius 1 is 1.11 bits per heavy atom. The number of hydrogen-bond donors (Lipinski definition) is 1. The van der Waals surface area contributed by atoms with E-state index >= 15 is 0 Å². The first-order valence-electron chi connectivity index (χ1n) is 9.00. The van der Waals surface area contributed by atoms with Gasteiger partial charge in [-0.2, -0.15) is 0 Å². The SMILES string of the molecule is CC(NC(=O)C=Cc1ccc(F)cc1F)c1ccc(F)c(N2CCOCC2)c1. The van der Waals surface area contributed by atoms with Gasteiger partial charge in [0.15, 0.2) is 0 Å². The highest BCUT2D eigenvalue weighted by molar-refractivity contribution is 5.92. The Morgan fingerprint density at radius 3 is 2.57 bits per heavy atom. The topological polar surface area (TPSA) is 41.6 Å². The maximum absolute atomic E-state index is 14.2. The van der Waals surface area contributed by atoms with E-state index < -0.39 is 17.5 Å². The van der Waals surface area contributed by atoms with Crippen molar-refractivity contribution in [3.63, 3.8) is 0 Å². The fourth-order valence-electron chi connectivity index (χ4n) is 2.99. The van der Waals surface area contributed by atoms with Crippen molar-refractivity contribution in [3.8, 4) is 0 Å². The molecule has 7 heteroatoms. The average molecular weight is 390 g/mol. The number of ether oxygens (including phenoxy) is 1. The van der Waals surface area contributed by atoms with E-state index in [-0.39, 0.29) is 17.4 Å². The van der Waals surface area contributed by atoms with Crippen molar-refractivity contribution >= 4 is 17.7 Å². The summed E-state index contributed by atoms with van der Waals surface area (Å²) in [6.45, 7) is 4.07. The second-order valence-corrected chi connectivity index (χ2v) is 6.54. The predicted molar refractivity (Wildman–Crippen MR) is 101 cm³/mol. The molecule has 148 valence electrons. The largest absolute Gasteiger partial charge is 0.378 e. The Bertz CT molecular complexity index is 880. The predicted octanol–water partition coefficient (Wildman–Crippen LogP) is 3.83. The minimum atomic E-state index is -0.745. The molecule has 0 bridgehead atoms. The Kier molecular flexibility index (Phi) is 6.36. The van der Waals surface area contributed by atoms with Crippen molar-refractivity contribution in [1.29, 1.82) is 0 Å². The quantitative estimate of drug-likeness (QED) is 0.789. The molecule has 28 heavy (non-hydrogen) atoms. The summed E-state index contributed by atoms with van der Waals surface area (Å²) in [5, 5.41) is 2.76. The number of hydrogen-bond acceptors (Lipinski definition) is 3. The molecule has 1 atom stereocenters. The number of carbonyl (C=O) groups is 1. The van der Waals surface area contributed by atoms with Crippen molar-refractivity contribution in [2.75, 3.05) is 31.2 Å². The molecule has 1 aliphatic rings. The van der Waals surface area contributed by atoms with Crippen LogP contribution in [0, 0.1) is 17.5 Å². The van der Waals surface area contributed by atoms with E-state index in [9.17, 15) is 18.0 Å². The van der Waals surface area contributed by atoms with Gasteiger partial charge in [-0.25, -0.2) is 13.2 Å². The molecule has 1 fully saturated rings. The third-order valence-corrected chi connectivity index (χ3v) is 4.56. The molecule has 1 amide bonds. The molecular weight excluding hydrogens is 369 g/mol. The van der Waals surface area contributed by atoms with Gasteiger partial charge in [-0.15, -0.1) is 0 Å². The van der Waals surface area contributed by atoms with Gasteiger partial charge in [-0.1, -0.05) is 6.07 Å². The monoisotopic (exact) mass is 390 g/mol. The van der Waals surface area contributed by atoms with Gasteiger partial charge in [-0.05, 0) is 42.8 Å². The first kappa shape index (κ1) is 19.9. The summed E-state index contributed by atoms with van der Waals surface area (Å²) < 4.78 is 46.0. The molecule has 2 aromatic carbocycles. The highest BCUT2D eigenvalue weighted by Gasteiger charge is 2.17. The molecule has 2 aromatic rings. The summed E-state index contributed by atoms with van der Waals surface area (Å²) in [4.78, 5) is 14.0. The lowest BCUT2D eigenvalue weighted by molar-refractivity contribution is -0.117. The van der Waals surface area contributed by atoms with Gasteiger partial charge in [-0.3, -0.25) is 4.79 Å². The maximum atomic E-state index is 14.2. The van der Waals surface area contributed by atoms with Crippen LogP contribution in [0.15, 0.2) is 42.5 Å². The Labute approximate surface area is 161 Å². The minimum absolute atomic E-state index is 0.112. The molecule has 1 N–H and O–H groups in total. The van der Waals surface area contributed by atoms with Gasteiger partial charge in [0.2, 0.25) is 5.91 Å². The molecule has 4 nitrogen and oxygen atoms in total. The van der Waals surface area contributed by atoms with Gasteiger partial charge in [0, 0.05) is 30.8 Å². The summed E-state index contributed by atoms with van der Waals surface area (Å²) in [7, 11) is 0. The second-order valence-electron chi connectivity index (χ2n) is 6.54. The third kappa shape index (κ3) is 4.92. The lowest BCUT2D eigenvalue weighted by Crippen LogP contribution is -2.37. The van der Waals surface area contributed by atoms with Crippen molar-refractivity contribution in [2.24, 2.45) is 0 Å². The number of amides is 1. The van der Waals surface area contributed by atoms with E-state index in [1.165, 1.54) is 24.3 Å². The molecule has 1 saturated heterocycles. The summed E-state index contributed by atoms with van der Waals surface area (Å²) in [6.07, 6.45) is 2.46. The van der Waals surface area contributed by atoms with Gasteiger partial charge in [0.1, 0.15) is 17.5 Å². The molecule has 0 saturated carbocycles. The van der Waals surface area contributed by atoms with Gasteiger partial charge < -0.3 is 15.0 Å². The van der Waals surface area contributed by atoms with Crippen LogP contribution in [0.25, 0.3) is 6.08 Å². The number of anilines is 1. The van der Waals surface area contributed by atoms with Gasteiger partial charge >= 0.3 is 0 Å².